The van der Waals surface area contributed by atoms with Crippen LogP contribution in [0.25, 0.3) is 0 Å². The fourth-order valence-electron chi connectivity index (χ4n) is 0.903. The van der Waals surface area contributed by atoms with Gasteiger partial charge in [-0.25, -0.2) is 0 Å². The minimum Gasteiger partial charge on any atom is -0.299 e. The van der Waals surface area contributed by atoms with Gasteiger partial charge in [0.1, 0.15) is 5.78 Å². The van der Waals surface area contributed by atoms with Gasteiger partial charge in [-0.3, -0.25) is 4.79 Å². The summed E-state index contributed by atoms with van der Waals surface area (Å²) in [4.78, 5) is 10.7. The van der Waals surface area contributed by atoms with Gasteiger partial charge in [0.2, 0.25) is 0 Å². The summed E-state index contributed by atoms with van der Waals surface area (Å²) in [6, 6.07) is 0. The molecule has 0 fully saturated rings. The molecule has 9 heavy (non-hydrogen) atoms. The Morgan fingerprint density at radius 3 is 2.56 bits per heavy atom. The maximum atomic E-state index is 10.7. The van der Waals surface area contributed by atoms with Crippen LogP contribution in [0.15, 0.2) is 23.8 Å². The maximum absolute atomic E-state index is 10.7. The lowest BCUT2D eigenvalue weighted by molar-refractivity contribution is -0.118. The molecule has 0 amide bonds. The molecule has 0 saturated heterocycles. The van der Waals surface area contributed by atoms with Gasteiger partial charge >= 0.3 is 0 Å². The number of allylic oxidation sites excluding steroid dienone is 4. The average molecular weight is 122 g/mol. The van der Waals surface area contributed by atoms with Crippen LogP contribution in [0.1, 0.15) is 13.8 Å². The van der Waals surface area contributed by atoms with Crippen molar-refractivity contribution in [3.8, 4) is 0 Å². The van der Waals surface area contributed by atoms with Crippen molar-refractivity contribution < 1.29 is 4.79 Å². The topological polar surface area (TPSA) is 17.1 Å². The first kappa shape index (κ1) is 6.27. The van der Waals surface area contributed by atoms with Gasteiger partial charge in [0.15, 0.2) is 0 Å². The fraction of sp³-hybridized carbons (Fsp3) is 0.375. The van der Waals surface area contributed by atoms with Crippen LogP contribution in [-0.4, -0.2) is 5.78 Å². The highest BCUT2D eigenvalue weighted by atomic mass is 16.1. The monoisotopic (exact) mass is 122 g/mol. The van der Waals surface area contributed by atoms with Gasteiger partial charge in [0.25, 0.3) is 0 Å². The van der Waals surface area contributed by atoms with Gasteiger partial charge in [0, 0.05) is 0 Å². The zero-order valence-corrected chi connectivity index (χ0v) is 5.72. The van der Waals surface area contributed by atoms with Crippen molar-refractivity contribution in [2.75, 3.05) is 0 Å². The summed E-state index contributed by atoms with van der Waals surface area (Å²) < 4.78 is 0. The highest BCUT2D eigenvalue weighted by Crippen LogP contribution is 2.15. The van der Waals surface area contributed by atoms with E-state index in [1.54, 1.807) is 6.92 Å². The third-order valence-corrected chi connectivity index (χ3v) is 1.48. The SMILES string of the molecule is CC(=O)C1C=CC(C)=C1. The molecule has 1 nitrogen and oxygen atoms in total. The number of hydrogen-bond donors (Lipinski definition) is 0. The molecule has 0 aromatic rings. The molecular weight excluding hydrogens is 112 g/mol. The van der Waals surface area contributed by atoms with Crippen LogP contribution in [0.5, 0.6) is 0 Å². The molecule has 0 spiro atoms. The Balaban J connectivity index is 2.70. The molecule has 48 valence electrons. The molecule has 1 aliphatic rings. The van der Waals surface area contributed by atoms with Crippen LogP contribution in [0.2, 0.25) is 0 Å². The fourth-order valence-corrected chi connectivity index (χ4v) is 0.903. The van der Waals surface area contributed by atoms with Crippen LogP contribution in [0, 0.1) is 5.92 Å². The van der Waals surface area contributed by atoms with Crippen molar-refractivity contribution in [1.29, 1.82) is 0 Å². The number of hydrogen-bond acceptors (Lipinski definition) is 1. The third kappa shape index (κ3) is 1.28. The summed E-state index contributed by atoms with van der Waals surface area (Å²) in [6.45, 7) is 3.61. The normalized spacial score (nSPS) is 24.2. The van der Waals surface area contributed by atoms with E-state index in [4.69, 9.17) is 0 Å². The van der Waals surface area contributed by atoms with Gasteiger partial charge in [-0.1, -0.05) is 23.8 Å². The van der Waals surface area contributed by atoms with E-state index < -0.39 is 0 Å². The Bertz CT molecular complexity index is 187. The molecule has 0 heterocycles. The molecule has 1 heteroatoms. The summed E-state index contributed by atoms with van der Waals surface area (Å²) in [5, 5.41) is 0. The molecule has 1 rings (SSSR count). The minimum absolute atomic E-state index is 0.0602. The van der Waals surface area contributed by atoms with E-state index in [0.717, 1.165) is 0 Å². The van der Waals surface area contributed by atoms with E-state index in [2.05, 4.69) is 0 Å². The molecular formula is C8H10O. The van der Waals surface area contributed by atoms with E-state index in [1.165, 1.54) is 5.57 Å². The average Bonchev–Trinajstić information content (AvgIpc) is 2.14. The molecule has 1 aliphatic carbocycles. The molecule has 0 aliphatic heterocycles. The first-order valence-corrected chi connectivity index (χ1v) is 3.07. The summed E-state index contributed by atoms with van der Waals surface area (Å²) >= 11 is 0. The van der Waals surface area contributed by atoms with Gasteiger partial charge in [-0.15, -0.1) is 0 Å². The quantitative estimate of drug-likeness (QED) is 0.517. The van der Waals surface area contributed by atoms with Crippen molar-refractivity contribution in [3.05, 3.63) is 23.8 Å². The van der Waals surface area contributed by atoms with Gasteiger partial charge in [-0.05, 0) is 13.8 Å². The number of Topliss-reactive ketones (excluding diaryl/α,β-unsaturated/α-hetero) is 1. The Kier molecular flexibility index (Phi) is 1.52. The highest BCUT2D eigenvalue weighted by molar-refractivity contribution is 5.83. The van der Waals surface area contributed by atoms with E-state index in [1.807, 2.05) is 25.2 Å². The van der Waals surface area contributed by atoms with Gasteiger partial charge < -0.3 is 0 Å². The van der Waals surface area contributed by atoms with E-state index in [0.29, 0.717) is 0 Å². The van der Waals surface area contributed by atoms with Crippen molar-refractivity contribution in [2.24, 2.45) is 5.92 Å². The predicted molar refractivity (Wildman–Crippen MR) is 37.1 cm³/mol. The highest BCUT2D eigenvalue weighted by Gasteiger charge is 2.10. The lowest BCUT2D eigenvalue weighted by Crippen LogP contribution is -2.01. The molecule has 1 atom stereocenters. The predicted octanol–water partition coefficient (Wildman–Crippen LogP) is 1.71. The number of rotatable bonds is 1. The van der Waals surface area contributed by atoms with E-state index in [-0.39, 0.29) is 11.7 Å². The van der Waals surface area contributed by atoms with Crippen LogP contribution < -0.4 is 0 Å². The molecule has 0 N–H and O–H groups in total. The Morgan fingerprint density at radius 1 is 1.67 bits per heavy atom. The first-order chi connectivity index (χ1) is 4.20. The molecule has 0 aromatic carbocycles. The second kappa shape index (κ2) is 2.18. The third-order valence-electron chi connectivity index (χ3n) is 1.48. The summed E-state index contributed by atoms with van der Waals surface area (Å²) in [6.07, 6.45) is 5.88. The molecule has 0 saturated carbocycles. The summed E-state index contributed by atoms with van der Waals surface area (Å²) in [5.41, 5.74) is 1.19. The Labute approximate surface area is 55.1 Å². The van der Waals surface area contributed by atoms with Crippen LogP contribution in [0.3, 0.4) is 0 Å². The second-order valence-electron chi connectivity index (χ2n) is 2.41. The van der Waals surface area contributed by atoms with E-state index >= 15 is 0 Å². The smallest absolute Gasteiger partial charge is 0.140 e. The van der Waals surface area contributed by atoms with Crippen LogP contribution in [-0.2, 0) is 4.79 Å². The minimum atomic E-state index is 0.0602. The van der Waals surface area contributed by atoms with Crippen molar-refractivity contribution in [2.45, 2.75) is 13.8 Å². The second-order valence-corrected chi connectivity index (χ2v) is 2.41. The van der Waals surface area contributed by atoms with Crippen LogP contribution in [0.4, 0.5) is 0 Å². The van der Waals surface area contributed by atoms with Gasteiger partial charge in [-0.2, -0.15) is 0 Å². The molecule has 0 radical (unpaired) electrons. The van der Waals surface area contributed by atoms with E-state index in [9.17, 15) is 4.79 Å². The van der Waals surface area contributed by atoms with Crippen LogP contribution >= 0.6 is 0 Å². The number of carbonyl (C=O) groups is 1. The molecule has 0 aromatic heterocycles. The molecule has 0 bridgehead atoms. The standard InChI is InChI=1S/C8H10O/c1-6-3-4-8(5-6)7(2)9/h3-5,8H,1-2H3. The van der Waals surface area contributed by atoms with Crippen molar-refractivity contribution >= 4 is 5.78 Å². The summed E-state index contributed by atoms with van der Waals surface area (Å²) in [7, 11) is 0. The Morgan fingerprint density at radius 2 is 2.33 bits per heavy atom. The van der Waals surface area contributed by atoms with Gasteiger partial charge in [0.05, 0.1) is 5.92 Å². The largest absolute Gasteiger partial charge is 0.299 e. The summed E-state index contributed by atoms with van der Waals surface area (Å²) in [5.74, 6) is 0.285. The Hall–Kier alpha value is -0.850. The maximum Gasteiger partial charge on any atom is 0.140 e. The van der Waals surface area contributed by atoms with Crippen molar-refractivity contribution in [3.63, 3.8) is 0 Å². The lowest BCUT2D eigenvalue weighted by Gasteiger charge is -1.94. The molecule has 1 unspecified atom stereocenters. The number of carbonyl (C=O) groups excluding carboxylic acids is 1. The lowest BCUT2D eigenvalue weighted by atomic mass is 10.1. The zero-order chi connectivity index (χ0) is 6.85. The zero-order valence-electron chi connectivity index (χ0n) is 5.72. The number of ketones is 1. The van der Waals surface area contributed by atoms with Crippen molar-refractivity contribution in [1.82, 2.24) is 0 Å². The first-order valence-electron chi connectivity index (χ1n) is 3.07.